The van der Waals surface area contributed by atoms with Gasteiger partial charge in [-0.2, -0.15) is 0 Å². The van der Waals surface area contributed by atoms with Gasteiger partial charge in [-0.25, -0.2) is 0 Å². The number of likely N-dealkylation sites (N-methyl/N-ethyl adjacent to an activating group) is 1. The molecule has 0 saturated carbocycles. The Hall–Kier alpha value is -0.420. The van der Waals surface area contributed by atoms with Gasteiger partial charge in [0.05, 0.1) is 12.6 Å². The van der Waals surface area contributed by atoms with Crippen molar-refractivity contribution in [3.8, 4) is 0 Å². The molecule has 1 fully saturated rings. The molecule has 3 nitrogen and oxygen atoms in total. The van der Waals surface area contributed by atoms with Crippen molar-refractivity contribution in [2.24, 2.45) is 5.73 Å². The fourth-order valence-electron chi connectivity index (χ4n) is 2.62. The van der Waals surface area contributed by atoms with Crippen LogP contribution in [0, 0.1) is 6.92 Å². The molecular formula is C14H24N2OS. The fraction of sp³-hybridized carbons (Fsp3) is 0.714. The van der Waals surface area contributed by atoms with Crippen LogP contribution in [-0.4, -0.2) is 37.2 Å². The van der Waals surface area contributed by atoms with Crippen LogP contribution < -0.4 is 5.73 Å². The van der Waals surface area contributed by atoms with Gasteiger partial charge in [0.15, 0.2) is 0 Å². The molecule has 0 bridgehead atoms. The molecule has 1 aromatic rings. The molecule has 4 heteroatoms. The van der Waals surface area contributed by atoms with Gasteiger partial charge in [0.25, 0.3) is 0 Å². The number of ether oxygens (including phenoxy) is 1. The molecule has 1 saturated heterocycles. The van der Waals surface area contributed by atoms with E-state index in [1.807, 2.05) is 11.3 Å². The zero-order chi connectivity index (χ0) is 13.1. The minimum Gasteiger partial charge on any atom is -0.380 e. The molecule has 2 rings (SSSR count). The largest absolute Gasteiger partial charge is 0.380 e. The Balaban J connectivity index is 2.18. The van der Waals surface area contributed by atoms with Crippen LogP contribution in [0.15, 0.2) is 12.1 Å². The fourth-order valence-corrected chi connectivity index (χ4v) is 3.73. The van der Waals surface area contributed by atoms with Crippen molar-refractivity contribution in [1.29, 1.82) is 0 Å². The Labute approximate surface area is 114 Å². The van der Waals surface area contributed by atoms with E-state index in [0.717, 1.165) is 26.1 Å². The molecule has 0 spiro atoms. The Bertz CT molecular complexity index is 374. The minimum absolute atomic E-state index is 0.189. The summed E-state index contributed by atoms with van der Waals surface area (Å²) < 4.78 is 5.50. The standard InChI is InChI=1S/C14H24N2OS/c1-4-12(15)14(13-6-5-10(2)18-13)16(3)11-7-8-17-9-11/h5-6,11-12,14H,4,7-9,15H2,1-3H3. The third-order valence-corrected chi connectivity index (χ3v) is 4.92. The quantitative estimate of drug-likeness (QED) is 0.892. The average Bonchev–Trinajstić information content (AvgIpc) is 3.00. The number of thiophene rings is 1. The predicted molar refractivity (Wildman–Crippen MR) is 77.1 cm³/mol. The van der Waals surface area contributed by atoms with E-state index in [-0.39, 0.29) is 6.04 Å². The van der Waals surface area contributed by atoms with Gasteiger partial charge in [-0.15, -0.1) is 11.3 Å². The summed E-state index contributed by atoms with van der Waals surface area (Å²) in [6.07, 6.45) is 2.12. The summed E-state index contributed by atoms with van der Waals surface area (Å²) >= 11 is 1.86. The molecule has 0 amide bonds. The van der Waals surface area contributed by atoms with Gasteiger partial charge in [-0.3, -0.25) is 4.90 Å². The number of aryl methyl sites for hydroxylation is 1. The normalized spacial score (nSPS) is 23.5. The first kappa shape index (κ1) is 14.0. The van der Waals surface area contributed by atoms with Gasteiger partial charge in [0, 0.05) is 28.4 Å². The monoisotopic (exact) mass is 268 g/mol. The van der Waals surface area contributed by atoms with Crippen LogP contribution in [0.5, 0.6) is 0 Å². The van der Waals surface area contributed by atoms with E-state index >= 15 is 0 Å². The van der Waals surface area contributed by atoms with Crippen LogP contribution in [-0.2, 0) is 4.74 Å². The molecule has 3 unspecified atom stereocenters. The van der Waals surface area contributed by atoms with E-state index in [9.17, 15) is 0 Å². The molecule has 0 aliphatic carbocycles. The van der Waals surface area contributed by atoms with Crippen molar-refractivity contribution >= 4 is 11.3 Å². The Morgan fingerprint density at radius 1 is 1.56 bits per heavy atom. The summed E-state index contributed by atoms with van der Waals surface area (Å²) in [7, 11) is 2.19. The smallest absolute Gasteiger partial charge is 0.0622 e. The highest BCUT2D eigenvalue weighted by molar-refractivity contribution is 7.12. The number of rotatable bonds is 5. The van der Waals surface area contributed by atoms with Crippen molar-refractivity contribution in [2.75, 3.05) is 20.3 Å². The zero-order valence-electron chi connectivity index (χ0n) is 11.6. The summed E-state index contributed by atoms with van der Waals surface area (Å²) in [5.41, 5.74) is 6.35. The lowest BCUT2D eigenvalue weighted by atomic mass is 10.0. The van der Waals surface area contributed by atoms with E-state index < -0.39 is 0 Å². The average molecular weight is 268 g/mol. The molecule has 2 heterocycles. The summed E-state index contributed by atoms with van der Waals surface area (Å²) in [6, 6.07) is 5.44. The zero-order valence-corrected chi connectivity index (χ0v) is 12.4. The molecule has 102 valence electrons. The van der Waals surface area contributed by atoms with Crippen LogP contribution in [0.4, 0.5) is 0 Å². The van der Waals surface area contributed by atoms with E-state index in [1.165, 1.54) is 9.75 Å². The first-order valence-corrected chi connectivity index (χ1v) is 7.56. The Morgan fingerprint density at radius 2 is 2.33 bits per heavy atom. The van der Waals surface area contributed by atoms with Gasteiger partial charge in [-0.05, 0) is 38.9 Å². The van der Waals surface area contributed by atoms with Crippen LogP contribution in [0.3, 0.4) is 0 Å². The van der Waals surface area contributed by atoms with E-state index in [1.54, 1.807) is 0 Å². The number of hydrogen-bond acceptors (Lipinski definition) is 4. The molecule has 3 atom stereocenters. The maximum Gasteiger partial charge on any atom is 0.0622 e. The SMILES string of the molecule is CCC(N)C(c1ccc(C)s1)N(C)C1CCOC1. The molecule has 2 N–H and O–H groups in total. The molecule has 0 radical (unpaired) electrons. The van der Waals surface area contributed by atoms with E-state index in [2.05, 4.69) is 37.9 Å². The van der Waals surface area contributed by atoms with Crippen molar-refractivity contribution < 1.29 is 4.74 Å². The van der Waals surface area contributed by atoms with Crippen molar-refractivity contribution in [1.82, 2.24) is 4.90 Å². The lowest BCUT2D eigenvalue weighted by Crippen LogP contribution is -2.43. The van der Waals surface area contributed by atoms with Crippen LogP contribution in [0.2, 0.25) is 0 Å². The highest BCUT2D eigenvalue weighted by atomic mass is 32.1. The minimum atomic E-state index is 0.189. The third kappa shape index (κ3) is 2.94. The van der Waals surface area contributed by atoms with Crippen LogP contribution in [0.1, 0.15) is 35.6 Å². The Kier molecular flexibility index (Phi) is 4.78. The molecule has 1 aliphatic rings. The Morgan fingerprint density at radius 3 is 2.83 bits per heavy atom. The van der Waals surface area contributed by atoms with Crippen LogP contribution >= 0.6 is 11.3 Å². The molecule has 1 aliphatic heterocycles. The van der Waals surface area contributed by atoms with E-state index in [0.29, 0.717) is 12.1 Å². The predicted octanol–water partition coefficient (Wildman–Crippen LogP) is 2.56. The lowest BCUT2D eigenvalue weighted by Gasteiger charge is -2.35. The van der Waals surface area contributed by atoms with Gasteiger partial charge >= 0.3 is 0 Å². The molecule has 18 heavy (non-hydrogen) atoms. The number of nitrogens with two attached hydrogens (primary N) is 1. The van der Waals surface area contributed by atoms with Crippen molar-refractivity contribution in [3.05, 3.63) is 21.9 Å². The first-order valence-electron chi connectivity index (χ1n) is 6.75. The highest BCUT2D eigenvalue weighted by Gasteiger charge is 2.31. The molecule has 0 aromatic carbocycles. The van der Waals surface area contributed by atoms with Crippen molar-refractivity contribution in [2.45, 2.75) is 44.8 Å². The topological polar surface area (TPSA) is 38.5 Å². The second-order valence-corrected chi connectivity index (χ2v) is 6.47. The second-order valence-electron chi connectivity index (χ2n) is 5.15. The summed E-state index contributed by atoms with van der Waals surface area (Å²) in [5.74, 6) is 0. The maximum atomic E-state index is 6.35. The van der Waals surface area contributed by atoms with Gasteiger partial charge in [0.1, 0.15) is 0 Å². The van der Waals surface area contributed by atoms with E-state index in [4.69, 9.17) is 10.5 Å². The molecule has 1 aromatic heterocycles. The highest BCUT2D eigenvalue weighted by Crippen LogP contribution is 2.32. The number of hydrogen-bond donors (Lipinski definition) is 1. The first-order chi connectivity index (χ1) is 8.63. The molecular weight excluding hydrogens is 244 g/mol. The van der Waals surface area contributed by atoms with Gasteiger partial charge < -0.3 is 10.5 Å². The van der Waals surface area contributed by atoms with Gasteiger partial charge in [0.2, 0.25) is 0 Å². The van der Waals surface area contributed by atoms with Crippen molar-refractivity contribution in [3.63, 3.8) is 0 Å². The summed E-state index contributed by atoms with van der Waals surface area (Å²) in [6.45, 7) is 6.04. The maximum absolute atomic E-state index is 6.35. The van der Waals surface area contributed by atoms with Crippen LogP contribution in [0.25, 0.3) is 0 Å². The summed E-state index contributed by atoms with van der Waals surface area (Å²) in [5, 5.41) is 0. The number of nitrogens with zero attached hydrogens (tertiary/aromatic N) is 1. The lowest BCUT2D eigenvalue weighted by molar-refractivity contribution is 0.121. The summed E-state index contributed by atoms with van der Waals surface area (Å²) in [4.78, 5) is 5.16. The van der Waals surface area contributed by atoms with Gasteiger partial charge in [-0.1, -0.05) is 6.92 Å². The third-order valence-electron chi connectivity index (χ3n) is 3.85. The second kappa shape index (κ2) is 6.15.